The topological polar surface area (TPSA) is 99.0 Å². The highest BCUT2D eigenvalue weighted by atomic mass is 16.6. The number of aromatic nitrogens is 2. The lowest BCUT2D eigenvalue weighted by atomic mass is 10.3. The lowest BCUT2D eigenvalue weighted by Gasteiger charge is -2.08. The number of nitrogens with one attached hydrogen (secondary N) is 1. The normalized spacial score (nSPS) is 12.5. The van der Waals surface area contributed by atoms with Crippen molar-refractivity contribution in [1.29, 1.82) is 0 Å². The van der Waals surface area contributed by atoms with Gasteiger partial charge in [-0.15, -0.1) is 0 Å². The molecule has 1 heterocycles. The van der Waals surface area contributed by atoms with E-state index in [1.807, 2.05) is 6.92 Å². The molecule has 0 radical (unpaired) electrons. The largest absolute Gasteiger partial charge is 0.406 e. The van der Waals surface area contributed by atoms with Gasteiger partial charge in [0.2, 0.25) is 11.6 Å². The van der Waals surface area contributed by atoms with Crippen LogP contribution in [0.1, 0.15) is 12.7 Å². The summed E-state index contributed by atoms with van der Waals surface area (Å²) >= 11 is 0. The summed E-state index contributed by atoms with van der Waals surface area (Å²) in [7, 11) is 1.72. The second-order valence-corrected chi connectivity index (χ2v) is 3.51. The zero-order chi connectivity index (χ0) is 11.6. The molecular formula is C8H15N5O2. The first-order chi connectivity index (χ1) is 6.93. The standard InChI is InChI=1S/C8H15N5O2/c1-5(9)4-10-7-8(13(14)15)11-6(2)12(7)3/h5,10H,4,9H2,1-3H3. The van der Waals surface area contributed by atoms with Gasteiger partial charge in [-0.05, 0) is 16.8 Å². The monoisotopic (exact) mass is 213 g/mol. The Labute approximate surface area is 87.4 Å². The molecule has 7 nitrogen and oxygen atoms in total. The van der Waals surface area contributed by atoms with Gasteiger partial charge in [-0.2, -0.15) is 0 Å². The predicted molar refractivity (Wildman–Crippen MR) is 56.7 cm³/mol. The molecule has 0 amide bonds. The summed E-state index contributed by atoms with van der Waals surface area (Å²) in [6.45, 7) is 4.01. The molecule has 0 aromatic carbocycles. The Bertz CT molecular complexity index is 371. The van der Waals surface area contributed by atoms with Crippen molar-refractivity contribution in [2.45, 2.75) is 19.9 Å². The minimum atomic E-state index is -0.503. The van der Waals surface area contributed by atoms with Gasteiger partial charge in [0.05, 0.1) is 0 Å². The SMILES string of the molecule is Cc1nc([N+](=O)[O-])c(NCC(C)N)n1C. The Morgan fingerprint density at radius 3 is 2.80 bits per heavy atom. The first kappa shape index (κ1) is 11.4. The molecule has 0 bridgehead atoms. The lowest BCUT2D eigenvalue weighted by Crippen LogP contribution is -2.26. The molecule has 0 spiro atoms. The fraction of sp³-hybridized carbons (Fsp3) is 0.625. The second kappa shape index (κ2) is 4.26. The van der Waals surface area contributed by atoms with Crippen molar-refractivity contribution < 1.29 is 4.92 Å². The van der Waals surface area contributed by atoms with E-state index in [1.54, 1.807) is 18.5 Å². The molecule has 7 heteroatoms. The van der Waals surface area contributed by atoms with Gasteiger partial charge in [-0.25, -0.2) is 0 Å². The van der Waals surface area contributed by atoms with Gasteiger partial charge in [-0.1, -0.05) is 0 Å². The van der Waals surface area contributed by atoms with Gasteiger partial charge in [0.1, 0.15) is 0 Å². The van der Waals surface area contributed by atoms with Crippen LogP contribution in [0.3, 0.4) is 0 Å². The minimum absolute atomic E-state index is 0.0696. The van der Waals surface area contributed by atoms with Crippen LogP contribution in [0.4, 0.5) is 11.6 Å². The summed E-state index contributed by atoms with van der Waals surface area (Å²) in [6.07, 6.45) is 0. The third kappa shape index (κ3) is 2.44. The summed E-state index contributed by atoms with van der Waals surface area (Å²) < 4.78 is 1.64. The van der Waals surface area contributed by atoms with E-state index in [-0.39, 0.29) is 11.9 Å². The van der Waals surface area contributed by atoms with E-state index in [1.165, 1.54) is 0 Å². The van der Waals surface area contributed by atoms with E-state index in [2.05, 4.69) is 10.3 Å². The maximum atomic E-state index is 10.7. The lowest BCUT2D eigenvalue weighted by molar-refractivity contribution is -0.388. The highest BCUT2D eigenvalue weighted by Gasteiger charge is 2.23. The molecule has 0 saturated carbocycles. The summed E-state index contributed by atoms with van der Waals surface area (Å²) in [6, 6.07) is -0.0696. The fourth-order valence-corrected chi connectivity index (χ4v) is 1.18. The Kier molecular flexibility index (Phi) is 3.25. The van der Waals surface area contributed by atoms with Gasteiger partial charge in [0.25, 0.3) is 0 Å². The summed E-state index contributed by atoms with van der Waals surface area (Å²) in [4.78, 5) is 14.0. The third-order valence-electron chi connectivity index (χ3n) is 2.06. The zero-order valence-corrected chi connectivity index (χ0v) is 9.02. The number of aryl methyl sites for hydroxylation is 1. The number of anilines is 1. The van der Waals surface area contributed by atoms with Crippen LogP contribution >= 0.6 is 0 Å². The van der Waals surface area contributed by atoms with E-state index < -0.39 is 4.92 Å². The van der Waals surface area contributed by atoms with Crippen molar-refractivity contribution in [3.8, 4) is 0 Å². The molecule has 1 atom stereocenters. The van der Waals surface area contributed by atoms with Gasteiger partial charge >= 0.3 is 5.82 Å². The molecule has 0 aliphatic heterocycles. The molecule has 1 rings (SSSR count). The number of hydrogen-bond donors (Lipinski definition) is 2. The maximum absolute atomic E-state index is 10.7. The fourth-order valence-electron chi connectivity index (χ4n) is 1.18. The molecule has 3 N–H and O–H groups in total. The number of nitro groups is 1. The Morgan fingerprint density at radius 2 is 2.33 bits per heavy atom. The van der Waals surface area contributed by atoms with Crippen LogP contribution in [0, 0.1) is 17.0 Å². The minimum Gasteiger partial charge on any atom is -0.363 e. The molecule has 15 heavy (non-hydrogen) atoms. The second-order valence-electron chi connectivity index (χ2n) is 3.51. The Hall–Kier alpha value is -1.63. The van der Waals surface area contributed by atoms with Crippen LogP contribution in [0.2, 0.25) is 0 Å². The van der Waals surface area contributed by atoms with E-state index in [4.69, 9.17) is 5.73 Å². The molecule has 1 aromatic rings. The van der Waals surface area contributed by atoms with Gasteiger partial charge in [0, 0.05) is 26.6 Å². The van der Waals surface area contributed by atoms with Gasteiger partial charge < -0.3 is 21.2 Å². The predicted octanol–water partition coefficient (Wildman–Crippen LogP) is 0.396. The van der Waals surface area contributed by atoms with Crippen LogP contribution in [0.25, 0.3) is 0 Å². The van der Waals surface area contributed by atoms with Gasteiger partial charge in [-0.3, -0.25) is 4.57 Å². The highest BCUT2D eigenvalue weighted by molar-refractivity contribution is 5.53. The van der Waals surface area contributed by atoms with Crippen molar-refractivity contribution in [2.75, 3.05) is 11.9 Å². The average Bonchev–Trinajstić information content (AvgIpc) is 2.41. The summed E-state index contributed by atoms with van der Waals surface area (Å²) in [5, 5.41) is 13.6. The van der Waals surface area contributed by atoms with Gasteiger partial charge in [0.15, 0.2) is 0 Å². The van der Waals surface area contributed by atoms with Crippen LogP contribution in [0.15, 0.2) is 0 Å². The molecule has 1 unspecified atom stereocenters. The van der Waals surface area contributed by atoms with Crippen LogP contribution in [-0.2, 0) is 7.05 Å². The Balaban J connectivity index is 2.98. The number of nitrogens with zero attached hydrogens (tertiary/aromatic N) is 3. The average molecular weight is 213 g/mol. The first-order valence-electron chi connectivity index (χ1n) is 4.60. The van der Waals surface area contributed by atoms with E-state index >= 15 is 0 Å². The number of rotatable bonds is 4. The van der Waals surface area contributed by atoms with Crippen molar-refractivity contribution in [2.24, 2.45) is 12.8 Å². The van der Waals surface area contributed by atoms with Crippen LogP contribution < -0.4 is 11.1 Å². The number of hydrogen-bond acceptors (Lipinski definition) is 5. The molecular weight excluding hydrogens is 198 g/mol. The molecule has 0 aliphatic rings. The molecule has 1 aromatic heterocycles. The van der Waals surface area contributed by atoms with E-state index in [0.717, 1.165) is 0 Å². The summed E-state index contributed by atoms with van der Waals surface area (Å²) in [5.74, 6) is 0.833. The van der Waals surface area contributed by atoms with Crippen molar-refractivity contribution in [1.82, 2.24) is 9.55 Å². The third-order valence-corrected chi connectivity index (χ3v) is 2.06. The number of nitrogens with two attached hydrogens (primary N) is 1. The maximum Gasteiger partial charge on any atom is 0.406 e. The van der Waals surface area contributed by atoms with E-state index in [9.17, 15) is 10.1 Å². The number of imidazole rings is 1. The quantitative estimate of drug-likeness (QED) is 0.557. The molecule has 0 fully saturated rings. The Morgan fingerprint density at radius 1 is 1.73 bits per heavy atom. The van der Waals surface area contributed by atoms with Crippen molar-refractivity contribution >= 4 is 11.6 Å². The summed E-state index contributed by atoms with van der Waals surface area (Å²) in [5.41, 5.74) is 5.56. The van der Waals surface area contributed by atoms with Crippen LogP contribution in [-0.4, -0.2) is 27.1 Å². The zero-order valence-electron chi connectivity index (χ0n) is 9.02. The smallest absolute Gasteiger partial charge is 0.363 e. The molecule has 0 saturated heterocycles. The van der Waals surface area contributed by atoms with Crippen molar-refractivity contribution in [3.63, 3.8) is 0 Å². The first-order valence-corrected chi connectivity index (χ1v) is 4.60. The molecule has 84 valence electrons. The van der Waals surface area contributed by atoms with E-state index in [0.29, 0.717) is 18.2 Å². The van der Waals surface area contributed by atoms with Crippen molar-refractivity contribution in [3.05, 3.63) is 15.9 Å². The highest BCUT2D eigenvalue weighted by Crippen LogP contribution is 2.23. The van der Waals surface area contributed by atoms with Crippen LogP contribution in [0.5, 0.6) is 0 Å². The molecule has 0 aliphatic carbocycles.